The summed E-state index contributed by atoms with van der Waals surface area (Å²) in [6, 6.07) is 2.07. The smallest absolute Gasteiger partial charge is 0.251 e. The van der Waals surface area contributed by atoms with Crippen molar-refractivity contribution in [2.24, 2.45) is 5.73 Å². The molecule has 5 nitrogen and oxygen atoms in total. The molecule has 1 aliphatic heterocycles. The Labute approximate surface area is 116 Å². The summed E-state index contributed by atoms with van der Waals surface area (Å²) < 4.78 is 0. The van der Waals surface area contributed by atoms with Gasteiger partial charge in [-0.15, -0.1) is 11.3 Å². The standard InChI is InChI=1S/C13H19N3O2S/c1-9-4-2-3-6-16(9)8-11(17)15-13-10(12(14)18)5-7-19-13/h5,7,9H,2-4,6,8H2,1H3,(H2,14,18)(H,15,17)/t9-/m0/s1. The zero-order chi connectivity index (χ0) is 13.8. The lowest BCUT2D eigenvalue weighted by atomic mass is 10.0. The lowest BCUT2D eigenvalue weighted by molar-refractivity contribution is -0.118. The predicted molar refractivity (Wildman–Crippen MR) is 76.4 cm³/mol. The van der Waals surface area contributed by atoms with Crippen LogP contribution in [-0.4, -0.2) is 35.8 Å². The van der Waals surface area contributed by atoms with Gasteiger partial charge in [0.1, 0.15) is 5.00 Å². The highest BCUT2D eigenvalue weighted by Crippen LogP contribution is 2.23. The van der Waals surface area contributed by atoms with E-state index in [1.807, 2.05) is 0 Å². The Kier molecular flexibility index (Phi) is 4.55. The van der Waals surface area contributed by atoms with Crippen LogP contribution in [0.3, 0.4) is 0 Å². The summed E-state index contributed by atoms with van der Waals surface area (Å²) in [4.78, 5) is 25.4. The third-order valence-corrected chi connectivity index (χ3v) is 4.30. The number of nitrogens with zero attached hydrogens (tertiary/aromatic N) is 1. The quantitative estimate of drug-likeness (QED) is 0.881. The van der Waals surface area contributed by atoms with E-state index in [0.717, 1.165) is 19.4 Å². The Balaban J connectivity index is 1.93. The topological polar surface area (TPSA) is 75.4 Å². The normalized spacial score (nSPS) is 20.2. The number of carbonyl (C=O) groups excluding carboxylic acids is 2. The third kappa shape index (κ3) is 3.54. The lowest BCUT2D eigenvalue weighted by Crippen LogP contribution is -2.42. The Morgan fingerprint density at radius 1 is 1.53 bits per heavy atom. The van der Waals surface area contributed by atoms with Crippen molar-refractivity contribution in [2.45, 2.75) is 32.2 Å². The number of anilines is 1. The highest BCUT2D eigenvalue weighted by atomic mass is 32.1. The van der Waals surface area contributed by atoms with Gasteiger partial charge in [0.2, 0.25) is 5.91 Å². The van der Waals surface area contributed by atoms with Crippen LogP contribution in [-0.2, 0) is 4.79 Å². The summed E-state index contributed by atoms with van der Waals surface area (Å²) in [7, 11) is 0. The average Bonchev–Trinajstić information content (AvgIpc) is 2.80. The summed E-state index contributed by atoms with van der Waals surface area (Å²) in [5, 5.41) is 5.07. The molecule has 2 rings (SSSR count). The van der Waals surface area contributed by atoms with Crippen molar-refractivity contribution in [3.63, 3.8) is 0 Å². The molecular weight excluding hydrogens is 262 g/mol. The molecule has 2 amide bonds. The molecule has 0 unspecified atom stereocenters. The van der Waals surface area contributed by atoms with E-state index in [2.05, 4.69) is 17.1 Å². The van der Waals surface area contributed by atoms with Gasteiger partial charge >= 0.3 is 0 Å². The predicted octanol–water partition coefficient (Wildman–Crippen LogP) is 1.66. The highest BCUT2D eigenvalue weighted by Gasteiger charge is 2.21. The maximum absolute atomic E-state index is 12.0. The summed E-state index contributed by atoms with van der Waals surface area (Å²) in [6.45, 7) is 3.48. The Morgan fingerprint density at radius 3 is 3.00 bits per heavy atom. The second kappa shape index (κ2) is 6.16. The van der Waals surface area contributed by atoms with Gasteiger partial charge in [0, 0.05) is 6.04 Å². The van der Waals surface area contributed by atoms with Crippen molar-refractivity contribution in [3.8, 4) is 0 Å². The molecule has 1 atom stereocenters. The molecule has 1 aromatic heterocycles. The van der Waals surface area contributed by atoms with Gasteiger partial charge in [0.05, 0.1) is 12.1 Å². The van der Waals surface area contributed by atoms with Gasteiger partial charge in [-0.05, 0) is 37.8 Å². The van der Waals surface area contributed by atoms with Crippen LogP contribution >= 0.6 is 11.3 Å². The first kappa shape index (κ1) is 14.0. The zero-order valence-corrected chi connectivity index (χ0v) is 11.8. The molecule has 0 bridgehead atoms. The minimum absolute atomic E-state index is 0.0845. The fourth-order valence-electron chi connectivity index (χ4n) is 2.34. The van der Waals surface area contributed by atoms with E-state index in [4.69, 9.17) is 5.73 Å². The van der Waals surface area contributed by atoms with Gasteiger partial charge in [0.15, 0.2) is 0 Å². The number of carbonyl (C=O) groups is 2. The van der Waals surface area contributed by atoms with E-state index in [0.29, 0.717) is 23.2 Å². The van der Waals surface area contributed by atoms with E-state index >= 15 is 0 Å². The number of nitrogens with one attached hydrogen (secondary N) is 1. The molecule has 0 radical (unpaired) electrons. The molecule has 1 aromatic rings. The number of amides is 2. The number of primary amides is 1. The molecule has 104 valence electrons. The van der Waals surface area contributed by atoms with E-state index in [-0.39, 0.29) is 5.91 Å². The number of hydrogen-bond donors (Lipinski definition) is 2. The van der Waals surface area contributed by atoms with E-state index < -0.39 is 5.91 Å². The molecule has 2 heterocycles. The van der Waals surface area contributed by atoms with Gasteiger partial charge in [-0.3, -0.25) is 14.5 Å². The molecule has 6 heteroatoms. The van der Waals surface area contributed by atoms with Crippen LogP contribution in [0.4, 0.5) is 5.00 Å². The van der Waals surface area contributed by atoms with Crippen LogP contribution in [0.5, 0.6) is 0 Å². The van der Waals surface area contributed by atoms with E-state index in [9.17, 15) is 9.59 Å². The Morgan fingerprint density at radius 2 is 2.32 bits per heavy atom. The second-order valence-electron chi connectivity index (χ2n) is 4.89. The summed E-state index contributed by atoms with van der Waals surface area (Å²) in [6.07, 6.45) is 3.51. The number of hydrogen-bond acceptors (Lipinski definition) is 4. The highest BCUT2D eigenvalue weighted by molar-refractivity contribution is 7.14. The van der Waals surface area contributed by atoms with Crippen LogP contribution in [0.2, 0.25) is 0 Å². The number of piperidine rings is 1. The van der Waals surface area contributed by atoms with Gasteiger partial charge in [-0.2, -0.15) is 0 Å². The van der Waals surface area contributed by atoms with Crippen molar-refractivity contribution >= 4 is 28.2 Å². The van der Waals surface area contributed by atoms with E-state index in [1.165, 1.54) is 17.8 Å². The molecule has 3 N–H and O–H groups in total. The SMILES string of the molecule is C[C@H]1CCCCN1CC(=O)Nc1sccc1C(N)=O. The van der Waals surface area contributed by atoms with Crippen LogP contribution < -0.4 is 11.1 Å². The molecular formula is C13H19N3O2S. The summed E-state index contributed by atoms with van der Waals surface area (Å²) in [5.41, 5.74) is 5.63. The molecule has 1 aliphatic rings. The maximum Gasteiger partial charge on any atom is 0.251 e. The number of rotatable bonds is 4. The first-order chi connectivity index (χ1) is 9.08. The Hall–Kier alpha value is -1.40. The molecule has 0 aromatic carbocycles. The van der Waals surface area contributed by atoms with Gasteiger partial charge in [0.25, 0.3) is 5.91 Å². The minimum Gasteiger partial charge on any atom is -0.366 e. The molecule has 0 saturated carbocycles. The monoisotopic (exact) mass is 281 g/mol. The lowest BCUT2D eigenvalue weighted by Gasteiger charge is -2.32. The average molecular weight is 281 g/mol. The van der Waals surface area contributed by atoms with Crippen molar-refractivity contribution in [3.05, 3.63) is 17.0 Å². The largest absolute Gasteiger partial charge is 0.366 e. The van der Waals surface area contributed by atoms with Gasteiger partial charge in [-0.1, -0.05) is 6.42 Å². The first-order valence-electron chi connectivity index (χ1n) is 6.49. The molecule has 1 fully saturated rings. The van der Waals surface area contributed by atoms with Crippen molar-refractivity contribution in [1.29, 1.82) is 0 Å². The zero-order valence-electron chi connectivity index (χ0n) is 11.0. The second-order valence-corrected chi connectivity index (χ2v) is 5.81. The van der Waals surface area contributed by atoms with Crippen molar-refractivity contribution in [2.75, 3.05) is 18.4 Å². The molecule has 19 heavy (non-hydrogen) atoms. The third-order valence-electron chi connectivity index (χ3n) is 3.47. The number of nitrogens with two attached hydrogens (primary N) is 1. The summed E-state index contributed by atoms with van der Waals surface area (Å²) in [5.74, 6) is -0.596. The minimum atomic E-state index is -0.511. The maximum atomic E-state index is 12.0. The first-order valence-corrected chi connectivity index (χ1v) is 7.37. The van der Waals surface area contributed by atoms with Crippen molar-refractivity contribution in [1.82, 2.24) is 4.90 Å². The van der Waals surface area contributed by atoms with Crippen LogP contribution in [0, 0.1) is 0 Å². The Bertz CT molecular complexity index is 472. The van der Waals surface area contributed by atoms with E-state index in [1.54, 1.807) is 11.4 Å². The number of thiophene rings is 1. The van der Waals surface area contributed by atoms with Gasteiger partial charge < -0.3 is 11.1 Å². The summed E-state index contributed by atoms with van der Waals surface area (Å²) >= 11 is 1.32. The van der Waals surface area contributed by atoms with Crippen LogP contribution in [0.15, 0.2) is 11.4 Å². The molecule has 0 aliphatic carbocycles. The molecule has 0 spiro atoms. The fraction of sp³-hybridized carbons (Fsp3) is 0.538. The van der Waals surface area contributed by atoms with Crippen LogP contribution in [0.25, 0.3) is 0 Å². The van der Waals surface area contributed by atoms with Crippen LogP contribution in [0.1, 0.15) is 36.5 Å². The van der Waals surface area contributed by atoms with Gasteiger partial charge in [-0.25, -0.2) is 0 Å². The van der Waals surface area contributed by atoms with Crippen molar-refractivity contribution < 1.29 is 9.59 Å². The molecule has 1 saturated heterocycles. The fourth-order valence-corrected chi connectivity index (χ4v) is 3.15. The number of likely N-dealkylation sites (tertiary alicyclic amines) is 1.